The van der Waals surface area contributed by atoms with Crippen LogP contribution in [0.25, 0.3) is 0 Å². The van der Waals surface area contributed by atoms with Crippen LogP contribution in [-0.2, 0) is 6.42 Å². The monoisotopic (exact) mass is 300 g/mol. The SMILES string of the molecule is CCCCCc1cncc([C@H](O)[C@@H](O)[C@@H](O)[C@H](O)CO)n1. The quantitative estimate of drug-likeness (QED) is 0.382. The molecule has 0 aromatic carbocycles. The van der Waals surface area contributed by atoms with Crippen LogP contribution in [0.2, 0.25) is 0 Å². The summed E-state index contributed by atoms with van der Waals surface area (Å²) in [4.78, 5) is 8.17. The van der Waals surface area contributed by atoms with Crippen molar-refractivity contribution in [2.24, 2.45) is 0 Å². The molecular formula is C14H24N2O5. The first-order chi connectivity index (χ1) is 10.0. The number of aryl methyl sites for hydroxylation is 1. The molecule has 0 bridgehead atoms. The third-order valence-electron chi connectivity index (χ3n) is 3.30. The summed E-state index contributed by atoms with van der Waals surface area (Å²) >= 11 is 0. The number of aliphatic hydroxyl groups is 5. The van der Waals surface area contributed by atoms with Crippen LogP contribution in [0.5, 0.6) is 0 Å². The maximum Gasteiger partial charge on any atom is 0.126 e. The lowest BCUT2D eigenvalue weighted by Gasteiger charge is -2.25. The number of rotatable bonds is 9. The van der Waals surface area contributed by atoms with Gasteiger partial charge in [-0.25, -0.2) is 0 Å². The highest BCUT2D eigenvalue weighted by atomic mass is 16.4. The number of aliphatic hydroxyl groups excluding tert-OH is 5. The molecule has 0 unspecified atom stereocenters. The molecule has 0 saturated carbocycles. The van der Waals surface area contributed by atoms with Crippen molar-refractivity contribution in [2.75, 3.05) is 6.61 Å². The van der Waals surface area contributed by atoms with Crippen LogP contribution in [0.15, 0.2) is 12.4 Å². The standard InChI is InChI=1S/C14H24N2O5/c1-2-3-4-5-9-6-15-7-10(16-9)12(19)14(21)13(20)11(18)8-17/h6-7,11-14,17-21H,2-5,8H2,1H3/t11-,12+,13+,14-/m1/s1. The van der Waals surface area contributed by atoms with Gasteiger partial charge < -0.3 is 25.5 Å². The highest BCUT2D eigenvalue weighted by Gasteiger charge is 2.31. The van der Waals surface area contributed by atoms with Crippen LogP contribution in [0.3, 0.4) is 0 Å². The summed E-state index contributed by atoms with van der Waals surface area (Å²) in [6.45, 7) is 1.38. The fraction of sp³-hybridized carbons (Fsp3) is 0.714. The minimum absolute atomic E-state index is 0.126. The first kappa shape index (κ1) is 17.9. The molecule has 1 rings (SSSR count). The van der Waals surface area contributed by atoms with Gasteiger partial charge in [-0.2, -0.15) is 0 Å². The van der Waals surface area contributed by atoms with Crippen LogP contribution in [-0.4, -0.2) is 60.4 Å². The number of aromatic nitrogens is 2. The molecule has 4 atom stereocenters. The van der Waals surface area contributed by atoms with Gasteiger partial charge in [0.25, 0.3) is 0 Å². The smallest absolute Gasteiger partial charge is 0.126 e. The zero-order chi connectivity index (χ0) is 15.8. The lowest BCUT2D eigenvalue weighted by Crippen LogP contribution is -2.42. The van der Waals surface area contributed by atoms with Crippen LogP contribution in [0, 0.1) is 0 Å². The van der Waals surface area contributed by atoms with Gasteiger partial charge in [-0.15, -0.1) is 0 Å². The summed E-state index contributed by atoms with van der Waals surface area (Å²) in [5.41, 5.74) is 0.824. The second-order valence-corrected chi connectivity index (χ2v) is 5.07. The molecule has 0 amide bonds. The van der Waals surface area contributed by atoms with E-state index in [2.05, 4.69) is 16.9 Å². The van der Waals surface area contributed by atoms with Crippen molar-refractivity contribution >= 4 is 0 Å². The van der Waals surface area contributed by atoms with Crippen molar-refractivity contribution in [3.63, 3.8) is 0 Å². The van der Waals surface area contributed by atoms with Gasteiger partial charge in [-0.05, 0) is 12.8 Å². The van der Waals surface area contributed by atoms with Gasteiger partial charge in [0.05, 0.1) is 24.2 Å². The van der Waals surface area contributed by atoms with E-state index in [1.54, 1.807) is 6.20 Å². The molecule has 0 fully saturated rings. The Kier molecular flexibility index (Phi) is 7.69. The van der Waals surface area contributed by atoms with Crippen LogP contribution in [0.1, 0.15) is 43.7 Å². The lowest BCUT2D eigenvalue weighted by molar-refractivity contribution is -0.117. The molecular weight excluding hydrogens is 276 g/mol. The Hall–Kier alpha value is -1.12. The van der Waals surface area contributed by atoms with E-state index in [1.165, 1.54) is 6.20 Å². The minimum Gasteiger partial charge on any atom is -0.394 e. The topological polar surface area (TPSA) is 127 Å². The van der Waals surface area contributed by atoms with Gasteiger partial charge in [0.15, 0.2) is 0 Å². The molecule has 0 spiro atoms. The Morgan fingerprint density at radius 3 is 2.38 bits per heavy atom. The Morgan fingerprint density at radius 1 is 1.05 bits per heavy atom. The number of hydrogen-bond acceptors (Lipinski definition) is 7. The van der Waals surface area contributed by atoms with Crippen LogP contribution >= 0.6 is 0 Å². The number of hydrogen-bond donors (Lipinski definition) is 5. The summed E-state index contributed by atoms with van der Waals surface area (Å²) in [5.74, 6) is 0. The summed E-state index contributed by atoms with van der Waals surface area (Å²) in [6.07, 6.45) is 0.376. The molecule has 0 radical (unpaired) electrons. The van der Waals surface area contributed by atoms with E-state index >= 15 is 0 Å². The normalized spacial score (nSPS) is 17.2. The zero-order valence-corrected chi connectivity index (χ0v) is 12.1. The lowest BCUT2D eigenvalue weighted by atomic mass is 10.0. The third kappa shape index (κ3) is 5.29. The second-order valence-electron chi connectivity index (χ2n) is 5.07. The van der Waals surface area contributed by atoms with E-state index in [4.69, 9.17) is 5.11 Å². The van der Waals surface area contributed by atoms with E-state index in [0.29, 0.717) is 5.69 Å². The van der Waals surface area contributed by atoms with E-state index in [-0.39, 0.29) is 5.69 Å². The Labute approximate surface area is 123 Å². The van der Waals surface area contributed by atoms with Gasteiger partial charge in [-0.1, -0.05) is 19.8 Å². The maximum atomic E-state index is 9.99. The van der Waals surface area contributed by atoms with Crippen molar-refractivity contribution in [1.82, 2.24) is 9.97 Å². The summed E-state index contributed by atoms with van der Waals surface area (Å²) in [7, 11) is 0. The molecule has 0 aliphatic heterocycles. The summed E-state index contributed by atoms with van der Waals surface area (Å²) in [5, 5.41) is 47.4. The molecule has 1 aromatic heterocycles. The van der Waals surface area contributed by atoms with Crippen molar-refractivity contribution in [3.05, 3.63) is 23.8 Å². The van der Waals surface area contributed by atoms with Crippen LogP contribution in [0.4, 0.5) is 0 Å². The van der Waals surface area contributed by atoms with E-state index in [0.717, 1.165) is 25.7 Å². The fourth-order valence-electron chi connectivity index (χ4n) is 1.94. The van der Waals surface area contributed by atoms with Crippen molar-refractivity contribution in [1.29, 1.82) is 0 Å². The molecule has 5 N–H and O–H groups in total. The predicted molar refractivity (Wildman–Crippen MR) is 75.3 cm³/mol. The maximum absolute atomic E-state index is 9.99. The minimum atomic E-state index is -1.67. The average Bonchev–Trinajstić information content (AvgIpc) is 2.52. The first-order valence-corrected chi connectivity index (χ1v) is 7.15. The Morgan fingerprint density at radius 2 is 1.76 bits per heavy atom. The van der Waals surface area contributed by atoms with E-state index < -0.39 is 31.0 Å². The van der Waals surface area contributed by atoms with Gasteiger partial charge in [0.1, 0.15) is 24.4 Å². The Bertz CT molecular complexity index is 418. The van der Waals surface area contributed by atoms with Crippen LogP contribution < -0.4 is 0 Å². The van der Waals surface area contributed by atoms with Gasteiger partial charge in [0.2, 0.25) is 0 Å². The van der Waals surface area contributed by atoms with Gasteiger partial charge in [0, 0.05) is 6.20 Å². The molecule has 1 aromatic rings. The summed E-state index contributed by atoms with van der Waals surface area (Å²) in [6, 6.07) is 0. The molecule has 0 aliphatic rings. The zero-order valence-electron chi connectivity index (χ0n) is 12.1. The van der Waals surface area contributed by atoms with Crippen molar-refractivity contribution < 1.29 is 25.5 Å². The molecule has 7 heteroatoms. The van der Waals surface area contributed by atoms with E-state index in [1.807, 2.05) is 0 Å². The van der Waals surface area contributed by atoms with E-state index in [9.17, 15) is 20.4 Å². The molecule has 7 nitrogen and oxygen atoms in total. The first-order valence-electron chi connectivity index (χ1n) is 7.15. The molecule has 1 heterocycles. The highest BCUT2D eigenvalue weighted by molar-refractivity contribution is 5.08. The summed E-state index contributed by atoms with van der Waals surface area (Å²) < 4.78 is 0. The predicted octanol–water partition coefficient (Wildman–Crippen LogP) is -0.682. The average molecular weight is 300 g/mol. The van der Waals surface area contributed by atoms with Gasteiger partial charge >= 0.3 is 0 Å². The largest absolute Gasteiger partial charge is 0.394 e. The fourth-order valence-corrected chi connectivity index (χ4v) is 1.94. The van der Waals surface area contributed by atoms with Gasteiger partial charge in [-0.3, -0.25) is 9.97 Å². The molecule has 0 saturated heterocycles. The second kappa shape index (κ2) is 9.01. The highest BCUT2D eigenvalue weighted by Crippen LogP contribution is 2.19. The molecule has 0 aliphatic carbocycles. The van der Waals surface area contributed by atoms with Crippen molar-refractivity contribution in [2.45, 2.75) is 57.0 Å². The third-order valence-corrected chi connectivity index (χ3v) is 3.30. The molecule has 120 valence electrons. The number of unbranched alkanes of at least 4 members (excludes halogenated alkanes) is 2. The molecule has 21 heavy (non-hydrogen) atoms. The van der Waals surface area contributed by atoms with Crippen molar-refractivity contribution in [3.8, 4) is 0 Å². The number of nitrogens with zero attached hydrogens (tertiary/aromatic N) is 2. The Balaban J connectivity index is 2.72.